The summed E-state index contributed by atoms with van der Waals surface area (Å²) in [7, 11) is 0. The van der Waals surface area contributed by atoms with Crippen LogP contribution in [0.2, 0.25) is 0 Å². The number of unbranched alkanes of at least 4 members (excludes halogenated alkanes) is 17. The average Bonchev–Trinajstić information content (AvgIpc) is 2.71. The number of carboxylic acids is 2. The van der Waals surface area contributed by atoms with E-state index in [1.807, 2.05) is 0 Å². The van der Waals surface area contributed by atoms with Gasteiger partial charge in [-0.1, -0.05) is 122 Å². The van der Waals surface area contributed by atoms with E-state index in [9.17, 15) is 14.7 Å². The first-order chi connectivity index (χ1) is 14.6. The fourth-order valence-corrected chi connectivity index (χ4v) is 4.17. The van der Waals surface area contributed by atoms with Crippen molar-refractivity contribution in [2.45, 2.75) is 148 Å². The van der Waals surface area contributed by atoms with Crippen molar-refractivity contribution < 1.29 is 19.8 Å². The molecule has 0 aliphatic carbocycles. The zero-order chi connectivity index (χ0) is 22.3. The zero-order valence-corrected chi connectivity index (χ0v) is 19.8. The Hall–Kier alpha value is -1.06. The van der Waals surface area contributed by atoms with E-state index < -0.39 is 11.9 Å². The van der Waals surface area contributed by atoms with Gasteiger partial charge in [0.1, 0.15) is 0 Å². The molecule has 0 aromatic rings. The SMILES string of the molecule is CCCCCCCCCCCCC(CCCCCCCCCCCC(=O)O)C(=O)O. The van der Waals surface area contributed by atoms with Gasteiger partial charge in [-0.2, -0.15) is 0 Å². The Balaban J connectivity index is 3.46. The lowest BCUT2D eigenvalue weighted by atomic mass is 9.94. The number of hydrogen-bond donors (Lipinski definition) is 2. The summed E-state index contributed by atoms with van der Waals surface area (Å²) in [5.41, 5.74) is 0. The molecule has 0 spiro atoms. The Morgan fingerprint density at radius 1 is 0.533 bits per heavy atom. The Morgan fingerprint density at radius 3 is 1.20 bits per heavy atom. The highest BCUT2D eigenvalue weighted by Crippen LogP contribution is 2.20. The van der Waals surface area contributed by atoms with Gasteiger partial charge in [-0.25, -0.2) is 0 Å². The van der Waals surface area contributed by atoms with Crippen molar-refractivity contribution in [3.8, 4) is 0 Å². The van der Waals surface area contributed by atoms with Gasteiger partial charge in [0.05, 0.1) is 5.92 Å². The van der Waals surface area contributed by atoms with Gasteiger partial charge in [-0.15, -0.1) is 0 Å². The predicted octanol–water partition coefficient (Wildman–Crippen LogP) is 8.37. The Bertz CT molecular complexity index is 394. The van der Waals surface area contributed by atoms with Gasteiger partial charge in [-0.05, 0) is 19.3 Å². The van der Waals surface area contributed by atoms with E-state index in [-0.39, 0.29) is 5.92 Å². The fraction of sp³-hybridized carbons (Fsp3) is 0.923. The summed E-state index contributed by atoms with van der Waals surface area (Å²) in [5.74, 6) is -1.44. The molecule has 1 atom stereocenters. The van der Waals surface area contributed by atoms with Crippen LogP contribution >= 0.6 is 0 Å². The molecule has 0 saturated heterocycles. The number of carbonyl (C=O) groups is 2. The largest absolute Gasteiger partial charge is 0.481 e. The van der Waals surface area contributed by atoms with Crippen LogP contribution in [0.4, 0.5) is 0 Å². The minimum absolute atomic E-state index is 0.145. The van der Waals surface area contributed by atoms with Crippen LogP contribution in [0.15, 0.2) is 0 Å². The Labute approximate surface area is 186 Å². The van der Waals surface area contributed by atoms with Gasteiger partial charge in [0, 0.05) is 6.42 Å². The standard InChI is InChI=1S/C26H50O4/c1-2-3-4-5-6-7-9-12-15-18-21-24(26(29)30)22-19-16-13-10-8-11-14-17-20-23-25(27)28/h24H,2-23H2,1H3,(H,27,28)(H,29,30). The van der Waals surface area contributed by atoms with Gasteiger partial charge in [0.15, 0.2) is 0 Å². The maximum Gasteiger partial charge on any atom is 0.306 e. The van der Waals surface area contributed by atoms with E-state index >= 15 is 0 Å². The van der Waals surface area contributed by atoms with Crippen LogP contribution in [-0.4, -0.2) is 22.2 Å². The van der Waals surface area contributed by atoms with Gasteiger partial charge < -0.3 is 10.2 Å². The minimum Gasteiger partial charge on any atom is -0.481 e. The van der Waals surface area contributed by atoms with Gasteiger partial charge in [0.2, 0.25) is 0 Å². The second kappa shape index (κ2) is 22.6. The smallest absolute Gasteiger partial charge is 0.306 e. The molecule has 0 aliphatic rings. The van der Waals surface area contributed by atoms with Crippen molar-refractivity contribution in [3.05, 3.63) is 0 Å². The number of aliphatic carboxylic acids is 2. The Morgan fingerprint density at radius 2 is 0.867 bits per heavy atom. The zero-order valence-electron chi connectivity index (χ0n) is 19.8. The summed E-state index contributed by atoms with van der Waals surface area (Å²) in [6.07, 6.45) is 24.9. The molecule has 0 bridgehead atoms. The quantitative estimate of drug-likeness (QED) is 0.152. The molecule has 0 radical (unpaired) electrons. The lowest BCUT2D eigenvalue weighted by Gasteiger charge is -2.12. The summed E-state index contributed by atoms with van der Waals surface area (Å²) < 4.78 is 0. The van der Waals surface area contributed by atoms with E-state index in [0.717, 1.165) is 51.4 Å². The predicted molar refractivity (Wildman–Crippen MR) is 126 cm³/mol. The van der Waals surface area contributed by atoms with Gasteiger partial charge in [-0.3, -0.25) is 9.59 Å². The molecule has 0 heterocycles. The normalized spacial score (nSPS) is 12.2. The third-order valence-electron chi connectivity index (χ3n) is 6.20. The van der Waals surface area contributed by atoms with E-state index in [2.05, 4.69) is 6.92 Å². The second-order valence-electron chi connectivity index (χ2n) is 9.12. The van der Waals surface area contributed by atoms with Crippen molar-refractivity contribution in [2.24, 2.45) is 5.92 Å². The molecule has 0 rings (SSSR count). The number of rotatable bonds is 24. The van der Waals surface area contributed by atoms with Crippen molar-refractivity contribution >= 4 is 11.9 Å². The summed E-state index contributed by atoms with van der Waals surface area (Å²) in [6.45, 7) is 2.25. The van der Waals surface area contributed by atoms with E-state index in [1.54, 1.807) is 0 Å². The molecule has 2 N–H and O–H groups in total. The lowest BCUT2D eigenvalue weighted by molar-refractivity contribution is -0.142. The van der Waals surface area contributed by atoms with Crippen LogP contribution in [0.5, 0.6) is 0 Å². The first kappa shape index (κ1) is 28.9. The summed E-state index contributed by atoms with van der Waals surface area (Å²) in [4.78, 5) is 21.9. The number of hydrogen-bond acceptors (Lipinski definition) is 2. The molecule has 0 saturated carbocycles. The summed E-state index contributed by atoms with van der Waals surface area (Å²) >= 11 is 0. The van der Waals surface area contributed by atoms with E-state index in [1.165, 1.54) is 83.5 Å². The molecule has 30 heavy (non-hydrogen) atoms. The molecule has 178 valence electrons. The lowest BCUT2D eigenvalue weighted by Crippen LogP contribution is -2.13. The summed E-state index contributed by atoms with van der Waals surface area (Å²) in [5, 5.41) is 18.1. The molecule has 1 unspecified atom stereocenters. The van der Waals surface area contributed by atoms with Crippen LogP contribution in [0.3, 0.4) is 0 Å². The highest BCUT2D eigenvalue weighted by Gasteiger charge is 2.16. The van der Waals surface area contributed by atoms with Crippen LogP contribution in [0.1, 0.15) is 148 Å². The monoisotopic (exact) mass is 426 g/mol. The van der Waals surface area contributed by atoms with E-state index in [4.69, 9.17) is 5.11 Å². The summed E-state index contributed by atoms with van der Waals surface area (Å²) in [6, 6.07) is 0. The van der Waals surface area contributed by atoms with Crippen LogP contribution in [0.25, 0.3) is 0 Å². The second-order valence-corrected chi connectivity index (χ2v) is 9.12. The van der Waals surface area contributed by atoms with Crippen molar-refractivity contribution in [1.29, 1.82) is 0 Å². The van der Waals surface area contributed by atoms with Crippen molar-refractivity contribution in [1.82, 2.24) is 0 Å². The Kier molecular flexibility index (Phi) is 21.8. The highest BCUT2D eigenvalue weighted by molar-refractivity contribution is 5.69. The van der Waals surface area contributed by atoms with Gasteiger partial charge >= 0.3 is 11.9 Å². The number of carboxylic acid groups (broad SMARTS) is 2. The molecule has 0 aliphatic heterocycles. The van der Waals surface area contributed by atoms with Crippen LogP contribution < -0.4 is 0 Å². The molecular weight excluding hydrogens is 376 g/mol. The van der Waals surface area contributed by atoms with Crippen molar-refractivity contribution in [2.75, 3.05) is 0 Å². The topological polar surface area (TPSA) is 74.6 Å². The average molecular weight is 427 g/mol. The molecule has 0 amide bonds. The highest BCUT2D eigenvalue weighted by atomic mass is 16.4. The minimum atomic E-state index is -0.692. The van der Waals surface area contributed by atoms with E-state index in [0.29, 0.717) is 6.42 Å². The third kappa shape index (κ3) is 21.6. The molecule has 4 nitrogen and oxygen atoms in total. The maximum absolute atomic E-state index is 11.5. The first-order valence-corrected chi connectivity index (χ1v) is 13.0. The fourth-order valence-electron chi connectivity index (χ4n) is 4.17. The molecule has 0 aromatic carbocycles. The molecule has 4 heteroatoms. The molecule has 0 aromatic heterocycles. The molecule has 0 fully saturated rings. The van der Waals surface area contributed by atoms with Crippen LogP contribution in [0, 0.1) is 5.92 Å². The van der Waals surface area contributed by atoms with Crippen LogP contribution in [-0.2, 0) is 9.59 Å². The third-order valence-corrected chi connectivity index (χ3v) is 6.20. The maximum atomic E-state index is 11.5. The first-order valence-electron chi connectivity index (χ1n) is 13.0. The molecular formula is C26H50O4. The van der Waals surface area contributed by atoms with Crippen molar-refractivity contribution in [3.63, 3.8) is 0 Å². The van der Waals surface area contributed by atoms with Gasteiger partial charge in [0.25, 0.3) is 0 Å².